The molecule has 0 bridgehead atoms. The van der Waals surface area contributed by atoms with Crippen LogP contribution in [0.3, 0.4) is 0 Å². The maximum atomic E-state index is 12.4. The van der Waals surface area contributed by atoms with Gasteiger partial charge in [-0.1, -0.05) is 6.07 Å². The van der Waals surface area contributed by atoms with Crippen molar-refractivity contribution in [3.05, 3.63) is 46.8 Å². The number of rotatable bonds is 5. The van der Waals surface area contributed by atoms with Gasteiger partial charge in [-0.2, -0.15) is 5.10 Å². The SMILES string of the molecule is Cc1ccc(S(=O)(=O)NCCn2ncc3c2CCOC3)cc1C. The number of aromatic nitrogens is 2. The smallest absolute Gasteiger partial charge is 0.240 e. The van der Waals surface area contributed by atoms with Crippen LogP contribution in [0.25, 0.3) is 0 Å². The van der Waals surface area contributed by atoms with Crippen molar-refractivity contribution < 1.29 is 13.2 Å². The molecule has 0 radical (unpaired) electrons. The summed E-state index contributed by atoms with van der Waals surface area (Å²) in [6.45, 7) is 5.97. The third-order valence-electron chi connectivity index (χ3n) is 4.18. The molecule has 2 aromatic rings. The first-order chi connectivity index (χ1) is 11.0. The molecule has 0 unspecified atom stereocenters. The van der Waals surface area contributed by atoms with Gasteiger partial charge in [0.15, 0.2) is 0 Å². The minimum absolute atomic E-state index is 0.302. The summed E-state index contributed by atoms with van der Waals surface area (Å²) in [4.78, 5) is 0.302. The number of benzene rings is 1. The highest BCUT2D eigenvalue weighted by Gasteiger charge is 2.17. The van der Waals surface area contributed by atoms with E-state index in [9.17, 15) is 8.42 Å². The van der Waals surface area contributed by atoms with Crippen molar-refractivity contribution in [3.8, 4) is 0 Å². The second kappa shape index (κ2) is 6.43. The van der Waals surface area contributed by atoms with Gasteiger partial charge in [-0.25, -0.2) is 13.1 Å². The minimum Gasteiger partial charge on any atom is -0.376 e. The molecule has 0 aliphatic carbocycles. The molecular weight excluding hydrogens is 314 g/mol. The fourth-order valence-electron chi connectivity index (χ4n) is 2.65. The summed E-state index contributed by atoms with van der Waals surface area (Å²) in [5.41, 5.74) is 4.28. The lowest BCUT2D eigenvalue weighted by Gasteiger charge is -2.15. The van der Waals surface area contributed by atoms with Crippen molar-refractivity contribution in [3.63, 3.8) is 0 Å². The van der Waals surface area contributed by atoms with Gasteiger partial charge in [-0.05, 0) is 37.1 Å². The van der Waals surface area contributed by atoms with Crippen LogP contribution in [0.4, 0.5) is 0 Å². The average Bonchev–Trinajstić information content (AvgIpc) is 2.93. The monoisotopic (exact) mass is 335 g/mol. The summed E-state index contributed by atoms with van der Waals surface area (Å²) in [6, 6.07) is 5.16. The Labute approximate surface area is 136 Å². The van der Waals surface area contributed by atoms with Crippen LogP contribution in [-0.2, 0) is 34.3 Å². The van der Waals surface area contributed by atoms with Crippen molar-refractivity contribution >= 4 is 10.0 Å². The Kier molecular flexibility index (Phi) is 4.52. The average molecular weight is 335 g/mol. The van der Waals surface area contributed by atoms with Crippen molar-refractivity contribution in [2.45, 2.75) is 38.3 Å². The third-order valence-corrected chi connectivity index (χ3v) is 5.64. The van der Waals surface area contributed by atoms with Crippen molar-refractivity contribution in [2.24, 2.45) is 0 Å². The highest BCUT2D eigenvalue weighted by molar-refractivity contribution is 7.89. The van der Waals surface area contributed by atoms with Gasteiger partial charge in [0.1, 0.15) is 0 Å². The van der Waals surface area contributed by atoms with Gasteiger partial charge >= 0.3 is 0 Å². The Hall–Kier alpha value is -1.70. The summed E-state index contributed by atoms with van der Waals surface area (Å²) in [7, 11) is -3.49. The van der Waals surface area contributed by atoms with E-state index in [1.807, 2.05) is 24.6 Å². The molecule has 7 heteroatoms. The summed E-state index contributed by atoms with van der Waals surface area (Å²) >= 11 is 0. The summed E-state index contributed by atoms with van der Waals surface area (Å²) in [5.74, 6) is 0. The first-order valence-electron chi connectivity index (χ1n) is 7.65. The van der Waals surface area contributed by atoms with E-state index in [1.165, 1.54) is 0 Å². The molecule has 0 spiro atoms. The number of nitrogens with zero attached hydrogens (tertiary/aromatic N) is 2. The number of ether oxygens (including phenoxy) is 1. The Bertz CT molecular complexity index is 812. The van der Waals surface area contributed by atoms with Crippen LogP contribution >= 0.6 is 0 Å². The first-order valence-corrected chi connectivity index (χ1v) is 9.14. The first kappa shape index (κ1) is 16.2. The molecular formula is C16H21N3O3S. The normalized spacial score (nSPS) is 14.7. The number of nitrogens with one attached hydrogen (secondary N) is 1. The predicted octanol–water partition coefficient (Wildman–Crippen LogP) is 1.55. The van der Waals surface area contributed by atoms with E-state index in [4.69, 9.17) is 4.74 Å². The molecule has 124 valence electrons. The van der Waals surface area contributed by atoms with Crippen molar-refractivity contribution in [1.82, 2.24) is 14.5 Å². The lowest BCUT2D eigenvalue weighted by atomic mass is 10.1. The number of aryl methyl sites for hydroxylation is 2. The lowest BCUT2D eigenvalue weighted by Crippen LogP contribution is -2.28. The maximum absolute atomic E-state index is 12.4. The molecule has 2 heterocycles. The molecule has 1 aromatic heterocycles. The zero-order chi connectivity index (χ0) is 16.4. The Morgan fingerprint density at radius 2 is 2.13 bits per heavy atom. The summed E-state index contributed by atoms with van der Waals surface area (Å²) < 4.78 is 34.6. The minimum atomic E-state index is -3.49. The second-order valence-corrected chi connectivity index (χ2v) is 7.55. The molecule has 1 aromatic carbocycles. The molecule has 0 saturated carbocycles. The van der Waals surface area contributed by atoms with Crippen LogP contribution < -0.4 is 4.72 Å². The van der Waals surface area contributed by atoms with Gasteiger partial charge < -0.3 is 4.74 Å². The highest BCUT2D eigenvalue weighted by atomic mass is 32.2. The largest absolute Gasteiger partial charge is 0.376 e. The molecule has 0 atom stereocenters. The van der Waals surface area contributed by atoms with Crippen LogP contribution in [-0.4, -0.2) is 31.3 Å². The van der Waals surface area contributed by atoms with E-state index in [-0.39, 0.29) is 0 Å². The van der Waals surface area contributed by atoms with Crippen LogP contribution in [0, 0.1) is 13.8 Å². The van der Waals surface area contributed by atoms with Crippen LogP contribution in [0.15, 0.2) is 29.3 Å². The fourth-order valence-corrected chi connectivity index (χ4v) is 3.76. The zero-order valence-corrected chi connectivity index (χ0v) is 14.2. The second-order valence-electron chi connectivity index (χ2n) is 5.79. The quantitative estimate of drug-likeness (QED) is 0.900. The van der Waals surface area contributed by atoms with Crippen molar-refractivity contribution in [2.75, 3.05) is 13.2 Å². The standard InChI is InChI=1S/C16H21N3O3S/c1-12-3-4-15(9-13(12)2)23(20,21)18-6-7-19-16-5-8-22-11-14(16)10-17-19/h3-4,9-10,18H,5-8,11H2,1-2H3. The van der Waals surface area contributed by atoms with Gasteiger partial charge in [-0.3, -0.25) is 4.68 Å². The molecule has 0 amide bonds. The fraction of sp³-hybridized carbons (Fsp3) is 0.438. The topological polar surface area (TPSA) is 73.2 Å². The van der Waals surface area contributed by atoms with Gasteiger partial charge in [-0.15, -0.1) is 0 Å². The number of fused-ring (bicyclic) bond motifs is 1. The Morgan fingerprint density at radius 1 is 1.30 bits per heavy atom. The van der Waals surface area contributed by atoms with E-state index in [2.05, 4.69) is 9.82 Å². The van der Waals surface area contributed by atoms with E-state index in [0.717, 1.165) is 28.8 Å². The highest BCUT2D eigenvalue weighted by Crippen LogP contribution is 2.16. The number of hydrogen-bond donors (Lipinski definition) is 1. The lowest BCUT2D eigenvalue weighted by molar-refractivity contribution is 0.109. The Morgan fingerprint density at radius 3 is 2.91 bits per heavy atom. The van der Waals surface area contributed by atoms with Crippen LogP contribution in [0.1, 0.15) is 22.4 Å². The van der Waals surface area contributed by atoms with E-state index in [1.54, 1.807) is 18.3 Å². The van der Waals surface area contributed by atoms with Crippen molar-refractivity contribution in [1.29, 1.82) is 0 Å². The number of sulfonamides is 1. The molecule has 0 fully saturated rings. The molecule has 0 saturated heterocycles. The van der Waals surface area contributed by atoms with Gasteiger partial charge in [0, 0.05) is 24.2 Å². The van der Waals surface area contributed by atoms with Gasteiger partial charge in [0.25, 0.3) is 0 Å². The summed E-state index contributed by atoms with van der Waals surface area (Å²) in [5, 5.41) is 4.32. The van der Waals surface area contributed by atoms with E-state index >= 15 is 0 Å². The molecule has 1 N–H and O–H groups in total. The molecule has 1 aliphatic heterocycles. The molecule has 6 nitrogen and oxygen atoms in total. The molecule has 1 aliphatic rings. The maximum Gasteiger partial charge on any atom is 0.240 e. The summed E-state index contributed by atoms with van der Waals surface area (Å²) in [6.07, 6.45) is 2.62. The zero-order valence-electron chi connectivity index (χ0n) is 13.4. The number of hydrogen-bond acceptors (Lipinski definition) is 4. The van der Waals surface area contributed by atoms with Gasteiger partial charge in [0.2, 0.25) is 10.0 Å². The third kappa shape index (κ3) is 3.46. The van der Waals surface area contributed by atoms with Gasteiger partial charge in [0.05, 0.1) is 30.9 Å². The van der Waals surface area contributed by atoms with Crippen LogP contribution in [0.5, 0.6) is 0 Å². The van der Waals surface area contributed by atoms with Crippen LogP contribution in [0.2, 0.25) is 0 Å². The Balaban J connectivity index is 1.65. The molecule has 23 heavy (non-hydrogen) atoms. The predicted molar refractivity (Wildman–Crippen MR) is 86.7 cm³/mol. The van der Waals surface area contributed by atoms with E-state index < -0.39 is 10.0 Å². The van der Waals surface area contributed by atoms with E-state index in [0.29, 0.717) is 31.2 Å². The molecule has 3 rings (SSSR count).